The minimum absolute atomic E-state index is 0.0584. The van der Waals surface area contributed by atoms with Gasteiger partial charge in [-0.05, 0) is 47.5 Å². The normalized spacial score (nSPS) is 12.1. The van der Waals surface area contributed by atoms with E-state index in [1.165, 1.54) is 23.1 Å². The monoisotopic (exact) mass is 567 g/mol. The van der Waals surface area contributed by atoms with Crippen LogP contribution in [0.25, 0.3) is 0 Å². The zero-order valence-corrected chi connectivity index (χ0v) is 22.7. The highest BCUT2D eigenvalue weighted by Crippen LogP contribution is 2.23. The number of likely N-dealkylation sites (N-methyl/N-ethyl adjacent to an activating group) is 1. The minimum Gasteiger partial charge on any atom is -0.427 e. The number of nitrogens with zero attached hydrogens (tertiary/aromatic N) is 1. The van der Waals surface area contributed by atoms with Gasteiger partial charge in [-0.1, -0.05) is 72.2 Å². The summed E-state index contributed by atoms with van der Waals surface area (Å²) in [5.74, 6) is -1.48. The molecular formula is C28H28BCl2N3O5. The van der Waals surface area contributed by atoms with E-state index in [0.717, 1.165) is 0 Å². The van der Waals surface area contributed by atoms with Crippen molar-refractivity contribution in [1.29, 1.82) is 0 Å². The second-order valence-electron chi connectivity index (χ2n) is 8.81. The third-order valence-electron chi connectivity index (χ3n) is 6.00. The van der Waals surface area contributed by atoms with Crippen LogP contribution in [-0.4, -0.2) is 48.0 Å². The van der Waals surface area contributed by atoms with Crippen molar-refractivity contribution in [2.45, 2.75) is 24.8 Å². The Bertz CT molecular complexity index is 1340. The van der Waals surface area contributed by atoms with Crippen LogP contribution in [0.15, 0.2) is 85.5 Å². The Hall–Kier alpha value is -3.63. The third-order valence-corrected chi connectivity index (χ3v) is 6.57. The number of amides is 3. The summed E-state index contributed by atoms with van der Waals surface area (Å²) in [4.78, 5) is 40.2. The van der Waals surface area contributed by atoms with E-state index in [4.69, 9.17) is 23.2 Å². The Labute approximate surface area is 237 Å². The molecule has 2 atom stereocenters. The molecule has 3 aromatic carbocycles. The van der Waals surface area contributed by atoms with Gasteiger partial charge in [0.2, 0.25) is 11.8 Å². The minimum atomic E-state index is -1.68. The van der Waals surface area contributed by atoms with Gasteiger partial charge >= 0.3 is 7.12 Å². The number of hydrogen-bond donors (Lipinski definition) is 4. The first kappa shape index (κ1) is 29.9. The molecule has 3 rings (SSSR count). The summed E-state index contributed by atoms with van der Waals surface area (Å²) in [6.45, 7) is 3.50. The van der Waals surface area contributed by atoms with Crippen LogP contribution in [0.5, 0.6) is 0 Å². The first-order valence-corrected chi connectivity index (χ1v) is 12.8. The maximum absolute atomic E-state index is 13.6. The summed E-state index contributed by atoms with van der Waals surface area (Å²) in [5, 5.41) is 25.3. The molecule has 4 N–H and O–H groups in total. The lowest BCUT2D eigenvalue weighted by Crippen LogP contribution is -2.49. The fraction of sp³-hybridized carbons (Fsp3) is 0.179. The van der Waals surface area contributed by atoms with Crippen molar-refractivity contribution in [1.82, 2.24) is 10.6 Å². The van der Waals surface area contributed by atoms with Crippen LogP contribution < -0.4 is 15.5 Å². The molecule has 0 saturated heterocycles. The molecule has 39 heavy (non-hydrogen) atoms. The van der Waals surface area contributed by atoms with Crippen molar-refractivity contribution in [2.75, 3.05) is 11.9 Å². The molecule has 0 aliphatic heterocycles. The molecule has 0 aromatic heterocycles. The van der Waals surface area contributed by atoms with Crippen LogP contribution in [-0.2, 0) is 16.0 Å². The van der Waals surface area contributed by atoms with E-state index in [1.54, 1.807) is 67.7 Å². The molecule has 202 valence electrons. The van der Waals surface area contributed by atoms with E-state index in [-0.39, 0.29) is 29.2 Å². The van der Waals surface area contributed by atoms with Crippen LogP contribution in [0.2, 0.25) is 16.4 Å². The molecule has 0 spiro atoms. The smallest absolute Gasteiger partial charge is 0.427 e. The quantitative estimate of drug-likeness (QED) is 0.207. The maximum Gasteiger partial charge on any atom is 0.453 e. The van der Waals surface area contributed by atoms with Gasteiger partial charge < -0.3 is 25.6 Å². The van der Waals surface area contributed by atoms with E-state index < -0.39 is 31.0 Å². The van der Waals surface area contributed by atoms with Crippen molar-refractivity contribution in [3.8, 4) is 0 Å². The number of anilines is 1. The second kappa shape index (κ2) is 14.0. The Morgan fingerprint density at radius 2 is 1.72 bits per heavy atom. The largest absolute Gasteiger partial charge is 0.453 e. The number of carbonyl (C=O) groups is 3. The summed E-state index contributed by atoms with van der Waals surface area (Å²) in [6, 6.07) is 18.4. The summed E-state index contributed by atoms with van der Waals surface area (Å²) >= 11 is 12.3. The number of rotatable bonds is 11. The van der Waals surface area contributed by atoms with Gasteiger partial charge in [-0.3, -0.25) is 14.4 Å². The van der Waals surface area contributed by atoms with Gasteiger partial charge in [0, 0.05) is 30.5 Å². The van der Waals surface area contributed by atoms with Crippen molar-refractivity contribution >= 4 is 53.7 Å². The van der Waals surface area contributed by atoms with Gasteiger partial charge in [0.25, 0.3) is 5.91 Å². The van der Waals surface area contributed by atoms with Crippen LogP contribution in [0.1, 0.15) is 27.5 Å². The van der Waals surface area contributed by atoms with Crippen molar-refractivity contribution in [2.24, 2.45) is 0 Å². The zero-order chi connectivity index (χ0) is 28.5. The average Bonchev–Trinajstić information content (AvgIpc) is 2.93. The zero-order valence-electron chi connectivity index (χ0n) is 21.2. The van der Waals surface area contributed by atoms with Gasteiger partial charge in [-0.2, -0.15) is 0 Å². The predicted molar refractivity (Wildman–Crippen MR) is 154 cm³/mol. The lowest BCUT2D eigenvalue weighted by molar-refractivity contribution is -0.123. The molecule has 11 heteroatoms. The standard InChI is InChI=1S/C28H28BCl2N3O5/c1-3-26(35)34(2)21-11-7-8-18(14-21)15-24(32-27(36)22-16-20(30)12-13-23(22)31)28(37)33-25(17-29(38)39)19-9-5-4-6-10-19/h3-14,16,24-25,38-39H,1,15,17H2,2H3,(H,32,36)(H,33,37)/t24-,25+/m0/s1. The Morgan fingerprint density at radius 1 is 1.00 bits per heavy atom. The highest BCUT2D eigenvalue weighted by molar-refractivity contribution is 6.41. The van der Waals surface area contributed by atoms with Gasteiger partial charge in [0.05, 0.1) is 16.6 Å². The molecule has 3 aromatic rings. The van der Waals surface area contributed by atoms with E-state index in [1.807, 2.05) is 0 Å². The lowest BCUT2D eigenvalue weighted by atomic mass is 9.79. The average molecular weight is 568 g/mol. The summed E-state index contributed by atoms with van der Waals surface area (Å²) in [7, 11) is -0.0793. The van der Waals surface area contributed by atoms with E-state index in [9.17, 15) is 24.4 Å². The van der Waals surface area contributed by atoms with Crippen LogP contribution in [0, 0.1) is 0 Å². The van der Waals surface area contributed by atoms with Crippen LogP contribution in [0.4, 0.5) is 5.69 Å². The topological polar surface area (TPSA) is 119 Å². The van der Waals surface area contributed by atoms with Gasteiger partial charge in [-0.15, -0.1) is 0 Å². The lowest BCUT2D eigenvalue weighted by Gasteiger charge is -2.24. The van der Waals surface area contributed by atoms with Gasteiger partial charge in [0.1, 0.15) is 6.04 Å². The summed E-state index contributed by atoms with van der Waals surface area (Å²) < 4.78 is 0. The van der Waals surface area contributed by atoms with Crippen molar-refractivity contribution in [3.63, 3.8) is 0 Å². The highest BCUT2D eigenvalue weighted by Gasteiger charge is 2.28. The molecule has 0 unspecified atom stereocenters. The van der Waals surface area contributed by atoms with E-state index in [0.29, 0.717) is 21.8 Å². The predicted octanol–water partition coefficient (Wildman–Crippen LogP) is 3.81. The Kier molecular flexibility index (Phi) is 10.7. The second-order valence-corrected chi connectivity index (χ2v) is 9.66. The van der Waals surface area contributed by atoms with E-state index >= 15 is 0 Å². The van der Waals surface area contributed by atoms with E-state index in [2.05, 4.69) is 17.2 Å². The number of nitrogens with one attached hydrogen (secondary N) is 2. The number of benzene rings is 3. The number of hydrogen-bond acceptors (Lipinski definition) is 5. The highest BCUT2D eigenvalue weighted by atomic mass is 35.5. The molecule has 8 nitrogen and oxygen atoms in total. The fourth-order valence-corrected chi connectivity index (χ4v) is 4.33. The van der Waals surface area contributed by atoms with Crippen LogP contribution >= 0.6 is 23.2 Å². The molecule has 3 amide bonds. The summed E-state index contributed by atoms with van der Waals surface area (Å²) in [5.41, 5.74) is 1.99. The third kappa shape index (κ3) is 8.43. The van der Waals surface area contributed by atoms with Crippen molar-refractivity contribution < 1.29 is 24.4 Å². The molecule has 0 radical (unpaired) electrons. The SMILES string of the molecule is C=CC(=O)N(C)c1cccc(C[C@H](NC(=O)c2cc(Cl)ccc2Cl)C(=O)N[C@H](CB(O)O)c2ccccc2)c1. The molecule has 0 bridgehead atoms. The Morgan fingerprint density at radius 3 is 2.38 bits per heavy atom. The first-order chi connectivity index (χ1) is 18.6. The summed E-state index contributed by atoms with van der Waals surface area (Å²) in [6.07, 6.45) is 1.08. The molecule has 0 fully saturated rings. The first-order valence-electron chi connectivity index (χ1n) is 12.1. The fourth-order valence-electron chi connectivity index (χ4n) is 3.96. The molecule has 0 aliphatic carbocycles. The maximum atomic E-state index is 13.6. The molecule has 0 aliphatic rings. The number of halogens is 2. The Balaban J connectivity index is 1.93. The van der Waals surface area contributed by atoms with Crippen molar-refractivity contribution in [3.05, 3.63) is 112 Å². The number of carbonyl (C=O) groups excluding carboxylic acids is 3. The van der Waals surface area contributed by atoms with Gasteiger partial charge in [0.15, 0.2) is 0 Å². The molecular weight excluding hydrogens is 540 g/mol. The van der Waals surface area contributed by atoms with Crippen LogP contribution in [0.3, 0.4) is 0 Å². The molecule has 0 heterocycles. The van der Waals surface area contributed by atoms with Gasteiger partial charge in [-0.25, -0.2) is 0 Å². The molecule has 0 saturated carbocycles.